The molecule has 2 rings (SSSR count). The van der Waals surface area contributed by atoms with Crippen LogP contribution < -0.4 is 5.32 Å². The number of halogens is 2. The second-order valence-electron chi connectivity index (χ2n) is 5.52. The molecule has 1 N–H and O–H groups in total. The molecule has 1 aromatic rings. The van der Waals surface area contributed by atoms with Gasteiger partial charge in [0, 0.05) is 16.7 Å². The fourth-order valence-corrected chi connectivity index (χ4v) is 3.64. The van der Waals surface area contributed by atoms with Crippen molar-refractivity contribution in [3.63, 3.8) is 0 Å². The smallest absolute Gasteiger partial charge is 0.261 e. The Kier molecular flexibility index (Phi) is 5.17. The first-order valence-electron chi connectivity index (χ1n) is 6.82. The number of carbonyl (C=O) groups is 1. The molecule has 21 heavy (non-hydrogen) atoms. The maximum atomic E-state index is 12.3. The van der Waals surface area contributed by atoms with Crippen LogP contribution in [0.4, 0.5) is 0 Å². The molecule has 2 unspecified atom stereocenters. The molecule has 0 radical (unpaired) electrons. The summed E-state index contributed by atoms with van der Waals surface area (Å²) in [5.74, 6) is 0.218. The van der Waals surface area contributed by atoms with Gasteiger partial charge in [-0.2, -0.15) is 0 Å². The average Bonchev–Trinajstić information content (AvgIpc) is 2.37. The van der Waals surface area contributed by atoms with Gasteiger partial charge in [-0.25, -0.2) is 8.42 Å². The summed E-state index contributed by atoms with van der Waals surface area (Å²) >= 11 is 5.99. The van der Waals surface area contributed by atoms with Crippen LogP contribution in [0.3, 0.4) is 0 Å². The molecule has 0 spiro atoms. The Hall–Kier alpha value is -0.780. The van der Waals surface area contributed by atoms with E-state index >= 15 is 0 Å². The molecule has 0 saturated heterocycles. The van der Waals surface area contributed by atoms with Gasteiger partial charge in [0.15, 0.2) is 0 Å². The summed E-state index contributed by atoms with van der Waals surface area (Å²) in [4.78, 5) is 12.2. The van der Waals surface area contributed by atoms with Crippen molar-refractivity contribution >= 4 is 37.2 Å². The Bertz CT molecular complexity index is 646. The first-order chi connectivity index (χ1) is 9.77. The van der Waals surface area contributed by atoms with E-state index in [2.05, 4.69) is 12.2 Å². The van der Waals surface area contributed by atoms with Crippen LogP contribution >= 0.6 is 22.3 Å². The Labute approximate surface area is 134 Å². The third-order valence-corrected chi connectivity index (χ3v) is 5.42. The molecule has 1 saturated carbocycles. The summed E-state index contributed by atoms with van der Waals surface area (Å²) in [7, 11) is 1.41. The van der Waals surface area contributed by atoms with Gasteiger partial charge in [0.05, 0.1) is 15.5 Å². The van der Waals surface area contributed by atoms with E-state index in [9.17, 15) is 13.2 Å². The summed E-state index contributed by atoms with van der Waals surface area (Å²) in [6, 6.07) is 3.97. The van der Waals surface area contributed by atoms with Crippen molar-refractivity contribution in [1.82, 2.24) is 5.32 Å². The minimum atomic E-state index is -3.88. The van der Waals surface area contributed by atoms with Crippen molar-refractivity contribution in [2.24, 2.45) is 5.92 Å². The molecule has 1 fully saturated rings. The maximum Gasteiger partial charge on any atom is 0.261 e. The summed E-state index contributed by atoms with van der Waals surface area (Å²) in [6.07, 6.45) is 4.11. The lowest BCUT2D eigenvalue weighted by molar-refractivity contribution is 0.0921. The van der Waals surface area contributed by atoms with Crippen LogP contribution in [-0.2, 0) is 9.05 Å². The van der Waals surface area contributed by atoms with Crippen molar-refractivity contribution in [3.05, 3.63) is 28.8 Å². The zero-order chi connectivity index (χ0) is 15.6. The van der Waals surface area contributed by atoms with Crippen molar-refractivity contribution < 1.29 is 13.2 Å². The van der Waals surface area contributed by atoms with Gasteiger partial charge in [-0.15, -0.1) is 0 Å². The molecule has 2 atom stereocenters. The van der Waals surface area contributed by atoms with E-state index in [0.29, 0.717) is 5.92 Å². The number of hydrogen-bond donors (Lipinski definition) is 1. The van der Waals surface area contributed by atoms with E-state index in [1.165, 1.54) is 24.6 Å². The molecule has 1 amide bonds. The number of carbonyl (C=O) groups excluding carboxylic acids is 1. The normalized spacial score (nSPS) is 22.8. The Morgan fingerprint density at radius 3 is 2.67 bits per heavy atom. The predicted octanol–water partition coefficient (Wildman–Crippen LogP) is 3.58. The zero-order valence-corrected chi connectivity index (χ0v) is 13.9. The first-order valence-corrected chi connectivity index (χ1v) is 9.51. The third kappa shape index (κ3) is 4.34. The number of benzene rings is 1. The second-order valence-corrected chi connectivity index (χ2v) is 8.49. The van der Waals surface area contributed by atoms with Crippen molar-refractivity contribution in [2.75, 3.05) is 0 Å². The van der Waals surface area contributed by atoms with Crippen molar-refractivity contribution in [3.8, 4) is 0 Å². The van der Waals surface area contributed by atoms with Crippen molar-refractivity contribution in [2.45, 2.75) is 43.5 Å². The van der Waals surface area contributed by atoms with Crippen LogP contribution in [0, 0.1) is 5.92 Å². The van der Waals surface area contributed by atoms with Crippen molar-refractivity contribution in [1.29, 1.82) is 0 Å². The van der Waals surface area contributed by atoms with E-state index < -0.39 is 9.05 Å². The Balaban J connectivity index is 2.18. The number of rotatable bonds is 3. The quantitative estimate of drug-likeness (QED) is 0.848. The highest BCUT2D eigenvalue weighted by atomic mass is 35.7. The van der Waals surface area contributed by atoms with Crippen LogP contribution in [0.15, 0.2) is 23.1 Å². The van der Waals surface area contributed by atoms with Gasteiger partial charge < -0.3 is 5.32 Å². The minimum Gasteiger partial charge on any atom is -0.349 e. The minimum absolute atomic E-state index is 0.105. The lowest BCUT2D eigenvalue weighted by Gasteiger charge is -2.27. The van der Waals surface area contributed by atoms with E-state index in [1.807, 2.05) is 0 Å². The molecule has 116 valence electrons. The van der Waals surface area contributed by atoms with Gasteiger partial charge >= 0.3 is 0 Å². The summed E-state index contributed by atoms with van der Waals surface area (Å²) in [6.45, 7) is 2.16. The van der Waals surface area contributed by atoms with Gasteiger partial charge in [0.25, 0.3) is 15.0 Å². The highest BCUT2D eigenvalue weighted by Crippen LogP contribution is 2.26. The molecule has 0 aromatic heterocycles. The molecule has 7 heteroatoms. The fraction of sp³-hybridized carbons (Fsp3) is 0.500. The lowest BCUT2D eigenvalue weighted by Crippen LogP contribution is -2.38. The summed E-state index contributed by atoms with van der Waals surface area (Å²) in [5.41, 5.74) is 0.136. The van der Waals surface area contributed by atoms with E-state index in [4.69, 9.17) is 22.3 Å². The van der Waals surface area contributed by atoms with Gasteiger partial charge in [-0.3, -0.25) is 4.79 Å². The Morgan fingerprint density at radius 1 is 1.33 bits per heavy atom. The monoisotopic (exact) mass is 349 g/mol. The van der Waals surface area contributed by atoms with Crippen LogP contribution in [-0.4, -0.2) is 20.4 Å². The second kappa shape index (κ2) is 6.55. The predicted molar refractivity (Wildman–Crippen MR) is 83.4 cm³/mol. The largest absolute Gasteiger partial charge is 0.349 e. The van der Waals surface area contributed by atoms with E-state index in [1.54, 1.807) is 0 Å². The van der Waals surface area contributed by atoms with Crippen LogP contribution in [0.5, 0.6) is 0 Å². The van der Waals surface area contributed by atoms with Gasteiger partial charge in [-0.05, 0) is 37.0 Å². The average molecular weight is 350 g/mol. The van der Waals surface area contributed by atoms with Crippen LogP contribution in [0.2, 0.25) is 5.02 Å². The molecule has 1 aliphatic carbocycles. The first kappa shape index (κ1) is 16.6. The zero-order valence-electron chi connectivity index (χ0n) is 11.6. The molecule has 1 aliphatic rings. The number of amides is 1. The highest BCUT2D eigenvalue weighted by Gasteiger charge is 2.23. The maximum absolute atomic E-state index is 12.3. The highest BCUT2D eigenvalue weighted by molar-refractivity contribution is 8.13. The van der Waals surface area contributed by atoms with Crippen LogP contribution in [0.1, 0.15) is 43.0 Å². The lowest BCUT2D eigenvalue weighted by atomic mass is 9.87. The number of hydrogen-bond acceptors (Lipinski definition) is 3. The van der Waals surface area contributed by atoms with Crippen LogP contribution in [0.25, 0.3) is 0 Å². The molecule has 4 nitrogen and oxygen atoms in total. The molecule has 1 aromatic carbocycles. The molecule has 0 heterocycles. The van der Waals surface area contributed by atoms with Gasteiger partial charge in [0.2, 0.25) is 0 Å². The summed E-state index contributed by atoms with van der Waals surface area (Å²) in [5, 5.41) is 3.13. The standard InChI is InChI=1S/C14H17Cl2NO3S/c1-9-3-2-4-10(7-9)17-14(18)12-8-11(21(16,19)20)5-6-13(12)15/h5-6,8-10H,2-4,7H2,1H3,(H,17,18). The summed E-state index contributed by atoms with van der Waals surface area (Å²) < 4.78 is 22.7. The van der Waals surface area contributed by atoms with Gasteiger partial charge in [0.1, 0.15) is 0 Å². The topological polar surface area (TPSA) is 63.2 Å². The Morgan fingerprint density at radius 2 is 2.05 bits per heavy atom. The third-order valence-electron chi connectivity index (χ3n) is 3.74. The van der Waals surface area contributed by atoms with E-state index in [0.717, 1.165) is 19.3 Å². The van der Waals surface area contributed by atoms with E-state index in [-0.39, 0.29) is 27.4 Å². The molecular formula is C14H17Cl2NO3S. The fourth-order valence-electron chi connectivity index (χ4n) is 2.66. The van der Waals surface area contributed by atoms with Gasteiger partial charge in [-0.1, -0.05) is 31.4 Å². The molecule has 0 bridgehead atoms. The molecule has 0 aliphatic heterocycles. The molecular weight excluding hydrogens is 333 g/mol. The number of nitrogens with one attached hydrogen (secondary N) is 1. The SMILES string of the molecule is CC1CCCC(NC(=O)c2cc(S(=O)(=O)Cl)ccc2Cl)C1.